The van der Waals surface area contributed by atoms with Crippen molar-refractivity contribution in [2.45, 2.75) is 34.6 Å². The molecule has 2 N–H and O–H groups in total. The summed E-state index contributed by atoms with van der Waals surface area (Å²) in [5.41, 5.74) is 6.73. The summed E-state index contributed by atoms with van der Waals surface area (Å²) in [5.74, 6) is 0.873. The SMILES string of the molecule is CC(=O)c1sc(N(CC(C)C)CC(C)C)c(C#N)c1N. The molecule has 1 aromatic rings. The number of hydrogen-bond acceptors (Lipinski definition) is 5. The predicted octanol–water partition coefficient (Wildman–Crippen LogP) is 3.52. The van der Waals surface area contributed by atoms with E-state index in [1.54, 1.807) is 0 Å². The highest BCUT2D eigenvalue weighted by molar-refractivity contribution is 7.19. The number of nitriles is 1. The largest absolute Gasteiger partial charge is 0.396 e. The Kier molecular flexibility index (Phi) is 5.58. The Bertz CT molecular complexity index is 516. The molecule has 110 valence electrons. The highest BCUT2D eigenvalue weighted by Crippen LogP contribution is 2.38. The van der Waals surface area contributed by atoms with Crippen LogP contribution in [0.15, 0.2) is 0 Å². The van der Waals surface area contributed by atoms with Gasteiger partial charge in [0.25, 0.3) is 0 Å². The molecule has 1 aromatic heterocycles. The molecule has 0 radical (unpaired) electrons. The first-order valence-corrected chi connectivity index (χ1v) is 7.67. The molecule has 4 nitrogen and oxygen atoms in total. The molecule has 5 heteroatoms. The summed E-state index contributed by atoms with van der Waals surface area (Å²) < 4.78 is 0. The quantitative estimate of drug-likeness (QED) is 0.815. The van der Waals surface area contributed by atoms with Crippen molar-refractivity contribution in [3.05, 3.63) is 10.4 Å². The number of carbonyl (C=O) groups is 1. The molecular weight excluding hydrogens is 270 g/mol. The maximum Gasteiger partial charge on any atom is 0.171 e. The lowest BCUT2D eigenvalue weighted by Crippen LogP contribution is -2.31. The van der Waals surface area contributed by atoms with Crippen LogP contribution in [0.4, 0.5) is 10.7 Å². The van der Waals surface area contributed by atoms with Gasteiger partial charge in [-0.2, -0.15) is 5.26 Å². The first-order chi connectivity index (χ1) is 9.27. The molecule has 0 saturated carbocycles. The first-order valence-electron chi connectivity index (χ1n) is 6.86. The van der Waals surface area contributed by atoms with Crippen LogP contribution in [0.5, 0.6) is 0 Å². The fraction of sp³-hybridized carbons (Fsp3) is 0.600. The maximum absolute atomic E-state index is 11.6. The van der Waals surface area contributed by atoms with Gasteiger partial charge < -0.3 is 10.6 Å². The lowest BCUT2D eigenvalue weighted by molar-refractivity contribution is 0.102. The lowest BCUT2D eigenvalue weighted by Gasteiger charge is -2.27. The smallest absolute Gasteiger partial charge is 0.171 e. The third-order valence-electron chi connectivity index (χ3n) is 2.82. The molecule has 0 spiro atoms. The highest BCUT2D eigenvalue weighted by Gasteiger charge is 2.23. The van der Waals surface area contributed by atoms with Crippen molar-refractivity contribution >= 4 is 27.8 Å². The second kappa shape index (κ2) is 6.76. The molecule has 0 amide bonds. The van der Waals surface area contributed by atoms with E-state index in [4.69, 9.17) is 5.73 Å². The molecule has 0 bridgehead atoms. The van der Waals surface area contributed by atoms with E-state index in [0.29, 0.717) is 28.0 Å². The molecule has 0 aliphatic rings. The van der Waals surface area contributed by atoms with E-state index in [1.807, 2.05) is 0 Å². The van der Waals surface area contributed by atoms with E-state index in [2.05, 4.69) is 38.7 Å². The van der Waals surface area contributed by atoms with Crippen LogP contribution in [-0.2, 0) is 0 Å². The van der Waals surface area contributed by atoms with Gasteiger partial charge in [-0.15, -0.1) is 11.3 Å². The van der Waals surface area contributed by atoms with Crippen molar-refractivity contribution in [1.29, 1.82) is 5.26 Å². The number of nitrogens with two attached hydrogens (primary N) is 1. The van der Waals surface area contributed by atoms with Crippen molar-refractivity contribution in [1.82, 2.24) is 0 Å². The molecule has 20 heavy (non-hydrogen) atoms. The number of Topliss-reactive ketones (excluding diaryl/α,β-unsaturated/α-hetero) is 1. The first kappa shape index (κ1) is 16.5. The molecule has 0 aliphatic carbocycles. The van der Waals surface area contributed by atoms with Crippen molar-refractivity contribution in [3.8, 4) is 6.07 Å². The van der Waals surface area contributed by atoms with Gasteiger partial charge in [0.05, 0.1) is 10.6 Å². The summed E-state index contributed by atoms with van der Waals surface area (Å²) in [7, 11) is 0. The Morgan fingerprint density at radius 2 is 1.80 bits per heavy atom. The van der Waals surface area contributed by atoms with Crippen molar-refractivity contribution < 1.29 is 4.79 Å². The minimum atomic E-state index is -0.0794. The Morgan fingerprint density at radius 3 is 2.15 bits per heavy atom. The summed E-state index contributed by atoms with van der Waals surface area (Å²) in [6.07, 6.45) is 0. The molecule has 0 fully saturated rings. The third kappa shape index (κ3) is 3.73. The van der Waals surface area contributed by atoms with Gasteiger partial charge >= 0.3 is 0 Å². The van der Waals surface area contributed by atoms with Crippen LogP contribution in [0.2, 0.25) is 0 Å². The molecule has 0 aliphatic heterocycles. The van der Waals surface area contributed by atoms with Crippen LogP contribution >= 0.6 is 11.3 Å². The molecule has 0 saturated heterocycles. The van der Waals surface area contributed by atoms with E-state index in [9.17, 15) is 10.1 Å². The Hall–Kier alpha value is -1.54. The molecule has 1 heterocycles. The summed E-state index contributed by atoms with van der Waals surface area (Å²) >= 11 is 1.34. The second-order valence-electron chi connectivity index (χ2n) is 5.89. The van der Waals surface area contributed by atoms with Gasteiger partial charge in [-0.05, 0) is 11.8 Å². The average Bonchev–Trinajstić information content (AvgIpc) is 2.64. The maximum atomic E-state index is 11.6. The number of nitrogen functional groups attached to an aromatic ring is 1. The Labute approximate surface area is 125 Å². The number of rotatable bonds is 6. The van der Waals surface area contributed by atoms with Gasteiger partial charge in [0.1, 0.15) is 16.6 Å². The predicted molar refractivity (Wildman–Crippen MR) is 85.3 cm³/mol. The van der Waals surface area contributed by atoms with E-state index in [-0.39, 0.29) is 5.78 Å². The third-order valence-corrected chi connectivity index (χ3v) is 4.18. The Morgan fingerprint density at radius 1 is 1.30 bits per heavy atom. The zero-order chi connectivity index (χ0) is 15.4. The second-order valence-corrected chi connectivity index (χ2v) is 6.88. The van der Waals surface area contributed by atoms with Gasteiger partial charge in [0.15, 0.2) is 5.78 Å². The Balaban J connectivity index is 3.28. The van der Waals surface area contributed by atoms with E-state index < -0.39 is 0 Å². The van der Waals surface area contributed by atoms with Crippen molar-refractivity contribution in [2.24, 2.45) is 11.8 Å². The van der Waals surface area contributed by atoms with Gasteiger partial charge in [0, 0.05) is 20.0 Å². The van der Waals surface area contributed by atoms with Crippen molar-refractivity contribution in [3.63, 3.8) is 0 Å². The zero-order valence-corrected chi connectivity index (χ0v) is 13.7. The summed E-state index contributed by atoms with van der Waals surface area (Å²) in [6.45, 7) is 11.8. The minimum absolute atomic E-state index is 0.0794. The minimum Gasteiger partial charge on any atom is -0.396 e. The van der Waals surface area contributed by atoms with Crippen LogP contribution in [0.25, 0.3) is 0 Å². The zero-order valence-electron chi connectivity index (χ0n) is 12.9. The number of hydrogen-bond donors (Lipinski definition) is 1. The fourth-order valence-corrected chi connectivity index (χ4v) is 3.23. The molecular formula is C15H23N3OS. The van der Waals surface area contributed by atoms with E-state index >= 15 is 0 Å². The molecule has 0 aromatic carbocycles. The number of nitrogens with zero attached hydrogens (tertiary/aromatic N) is 2. The molecule has 0 unspecified atom stereocenters. The van der Waals surface area contributed by atoms with Crippen LogP contribution < -0.4 is 10.6 Å². The van der Waals surface area contributed by atoms with Gasteiger partial charge in [0.2, 0.25) is 0 Å². The summed E-state index contributed by atoms with van der Waals surface area (Å²) in [6, 6.07) is 2.16. The normalized spacial score (nSPS) is 10.9. The number of anilines is 2. The van der Waals surface area contributed by atoms with Crippen LogP contribution in [0, 0.1) is 23.2 Å². The van der Waals surface area contributed by atoms with Gasteiger partial charge in [-0.25, -0.2) is 0 Å². The van der Waals surface area contributed by atoms with Crippen LogP contribution in [-0.4, -0.2) is 18.9 Å². The number of ketones is 1. The monoisotopic (exact) mass is 293 g/mol. The van der Waals surface area contributed by atoms with Gasteiger partial charge in [-0.3, -0.25) is 4.79 Å². The number of carbonyl (C=O) groups excluding carboxylic acids is 1. The average molecular weight is 293 g/mol. The fourth-order valence-electron chi connectivity index (χ4n) is 2.15. The molecule has 0 atom stereocenters. The van der Waals surface area contributed by atoms with Crippen LogP contribution in [0.3, 0.4) is 0 Å². The molecule has 1 rings (SSSR count). The summed E-state index contributed by atoms with van der Waals surface area (Å²) in [4.78, 5) is 14.3. The highest BCUT2D eigenvalue weighted by atomic mass is 32.1. The van der Waals surface area contributed by atoms with E-state index in [1.165, 1.54) is 18.3 Å². The lowest BCUT2D eigenvalue weighted by atomic mass is 10.1. The number of thiophene rings is 1. The topological polar surface area (TPSA) is 70.1 Å². The van der Waals surface area contributed by atoms with E-state index in [0.717, 1.165) is 18.1 Å². The van der Waals surface area contributed by atoms with Crippen molar-refractivity contribution in [2.75, 3.05) is 23.7 Å². The standard InChI is InChI=1S/C15H23N3OS/c1-9(2)7-18(8-10(3)4)15-12(6-16)13(17)14(20-15)11(5)19/h9-10H,7-8,17H2,1-5H3. The van der Waals surface area contributed by atoms with Crippen LogP contribution in [0.1, 0.15) is 49.9 Å². The summed E-state index contributed by atoms with van der Waals surface area (Å²) in [5, 5.41) is 10.2. The van der Waals surface area contributed by atoms with Gasteiger partial charge in [-0.1, -0.05) is 27.7 Å².